The molecule has 5 rings (SSSR count). The van der Waals surface area contributed by atoms with E-state index in [0.29, 0.717) is 11.5 Å². The third-order valence-electron chi connectivity index (χ3n) is 6.01. The van der Waals surface area contributed by atoms with Crippen LogP contribution in [0.2, 0.25) is 0 Å². The Morgan fingerprint density at radius 2 is 0.865 bits per heavy atom. The second-order valence-corrected chi connectivity index (χ2v) is 11.2. The Hall–Kier alpha value is -4.39. The first-order valence-corrected chi connectivity index (χ1v) is 14.0. The van der Waals surface area contributed by atoms with Crippen LogP contribution in [0.1, 0.15) is 16.7 Å². The molecule has 0 aliphatic heterocycles. The molecule has 2 nitrogen and oxygen atoms in total. The molecule has 180 valence electrons. The second kappa shape index (κ2) is 11.6. The van der Waals surface area contributed by atoms with Crippen LogP contribution in [0, 0.1) is 0 Å². The highest BCUT2D eigenvalue weighted by molar-refractivity contribution is 7.81. The van der Waals surface area contributed by atoms with Gasteiger partial charge in [0.25, 0.3) is 0 Å². The van der Waals surface area contributed by atoms with Crippen LogP contribution in [0.4, 0.5) is 0 Å². The van der Waals surface area contributed by atoms with Gasteiger partial charge in [-0.2, -0.15) is 0 Å². The molecule has 0 N–H and O–H groups in total. The zero-order valence-electron chi connectivity index (χ0n) is 20.4. The summed E-state index contributed by atoms with van der Waals surface area (Å²) in [5.74, 6) is 3.03. The normalized spacial score (nSPS) is 12.2. The summed E-state index contributed by atoms with van der Waals surface area (Å²) in [5.41, 5.74) is 2.80. The summed E-state index contributed by atoms with van der Waals surface area (Å²) in [6.07, 6.45) is 2.02. The molecule has 0 radical (unpaired) electrons. The Balaban J connectivity index is 1.70. The Labute approximate surface area is 218 Å². The molecule has 0 aromatic heterocycles. The first-order valence-electron chi connectivity index (χ1n) is 12.2. The average Bonchev–Trinajstić information content (AvgIpc) is 2.98. The van der Waals surface area contributed by atoms with Gasteiger partial charge in [-0.05, 0) is 11.6 Å². The molecule has 0 heterocycles. The van der Waals surface area contributed by atoms with Crippen molar-refractivity contribution in [3.05, 3.63) is 174 Å². The molecule has 0 fully saturated rings. The Morgan fingerprint density at radius 1 is 0.486 bits per heavy atom. The molecule has 5 aromatic carbocycles. The van der Waals surface area contributed by atoms with Gasteiger partial charge >= 0.3 is 0 Å². The highest BCUT2D eigenvalue weighted by atomic mass is 31.2. The Morgan fingerprint density at radius 3 is 1.32 bits per heavy atom. The highest BCUT2D eigenvalue weighted by Crippen LogP contribution is 2.48. The molecule has 37 heavy (non-hydrogen) atoms. The van der Waals surface area contributed by atoms with E-state index in [1.54, 1.807) is 0 Å². The predicted octanol–water partition coefficient (Wildman–Crippen LogP) is 8.21. The van der Waals surface area contributed by atoms with Gasteiger partial charge in [-0.25, -0.2) is 0 Å². The van der Waals surface area contributed by atoms with Crippen molar-refractivity contribution in [2.24, 2.45) is 0 Å². The van der Waals surface area contributed by atoms with Crippen molar-refractivity contribution in [3.63, 3.8) is 0 Å². The maximum atomic E-state index is 14.9. The summed E-state index contributed by atoms with van der Waals surface area (Å²) in [7, 11) is -3.19. The molecule has 3 heteroatoms. The highest BCUT2D eigenvalue weighted by Gasteiger charge is 2.27. The van der Waals surface area contributed by atoms with Gasteiger partial charge in [0.05, 0.1) is 0 Å². The molecule has 5 aromatic rings. The first-order chi connectivity index (χ1) is 18.2. The molecule has 0 atom stereocenters. The third kappa shape index (κ3) is 5.89. The topological polar surface area (TPSA) is 26.3 Å². The smallest absolute Gasteiger partial charge is 0.167 e. The zero-order valence-corrected chi connectivity index (χ0v) is 21.2. The number of benzene rings is 5. The van der Waals surface area contributed by atoms with E-state index in [9.17, 15) is 4.57 Å². The van der Waals surface area contributed by atoms with Crippen LogP contribution in [-0.4, -0.2) is 0 Å². The van der Waals surface area contributed by atoms with Gasteiger partial charge in [0, 0.05) is 27.6 Å². The minimum atomic E-state index is -3.19. The molecule has 0 aliphatic rings. The van der Waals surface area contributed by atoms with Crippen LogP contribution in [0.25, 0.3) is 17.6 Å². The molecular formula is C34H27O2P. The van der Waals surface area contributed by atoms with E-state index in [-0.39, 0.29) is 0 Å². The summed E-state index contributed by atoms with van der Waals surface area (Å²) >= 11 is 0. The molecule has 0 bridgehead atoms. The van der Waals surface area contributed by atoms with E-state index < -0.39 is 7.14 Å². The minimum Gasteiger partial charge on any atom is -0.456 e. The van der Waals surface area contributed by atoms with Crippen LogP contribution >= 0.6 is 7.14 Å². The summed E-state index contributed by atoms with van der Waals surface area (Å²) < 4.78 is 21.6. The number of ether oxygens (including phenoxy) is 1. The van der Waals surface area contributed by atoms with Gasteiger partial charge in [-0.15, -0.1) is 0 Å². The van der Waals surface area contributed by atoms with E-state index in [2.05, 4.69) is 0 Å². The van der Waals surface area contributed by atoms with Crippen LogP contribution in [0.3, 0.4) is 0 Å². The zero-order chi connectivity index (χ0) is 25.3. The van der Waals surface area contributed by atoms with Crippen molar-refractivity contribution in [1.29, 1.82) is 0 Å². The van der Waals surface area contributed by atoms with Crippen LogP contribution < -0.4 is 10.6 Å². The summed E-state index contributed by atoms with van der Waals surface area (Å²) in [5, 5.41) is 1.51. The fourth-order valence-corrected chi connectivity index (χ4v) is 6.48. The maximum absolute atomic E-state index is 14.9. The monoisotopic (exact) mass is 498 g/mol. The van der Waals surface area contributed by atoms with E-state index in [4.69, 9.17) is 4.74 Å². The number of hydrogen-bond acceptors (Lipinski definition) is 2. The minimum absolute atomic E-state index is 0.544. The Bertz CT molecular complexity index is 1480. The maximum Gasteiger partial charge on any atom is 0.167 e. The number of hydrogen-bond donors (Lipinski definition) is 0. The molecule has 0 amide bonds. The lowest BCUT2D eigenvalue weighted by Gasteiger charge is -2.20. The van der Waals surface area contributed by atoms with Crippen molar-refractivity contribution in [2.75, 3.05) is 0 Å². The first kappa shape index (κ1) is 24.3. The van der Waals surface area contributed by atoms with Crippen molar-refractivity contribution in [1.82, 2.24) is 0 Å². The molecule has 0 unspecified atom stereocenters. The van der Waals surface area contributed by atoms with Gasteiger partial charge in [0.1, 0.15) is 11.5 Å². The SMILES string of the molecule is O=P(/C=C(/O/C(=C\c1ccccc1)c1ccccc1)c1ccccc1)(c1ccccc1)c1ccccc1. The molecule has 0 saturated carbocycles. The van der Waals surface area contributed by atoms with E-state index in [1.807, 2.05) is 164 Å². The van der Waals surface area contributed by atoms with E-state index in [1.165, 1.54) is 0 Å². The molecule has 0 spiro atoms. The fraction of sp³-hybridized carbons (Fsp3) is 0. The van der Waals surface area contributed by atoms with Crippen LogP contribution in [0.15, 0.2) is 157 Å². The largest absolute Gasteiger partial charge is 0.456 e. The van der Waals surface area contributed by atoms with Crippen LogP contribution in [0.5, 0.6) is 0 Å². The number of rotatable bonds is 8. The van der Waals surface area contributed by atoms with Gasteiger partial charge in [-0.3, -0.25) is 0 Å². The lowest BCUT2D eigenvalue weighted by atomic mass is 10.1. The van der Waals surface area contributed by atoms with E-state index >= 15 is 0 Å². The van der Waals surface area contributed by atoms with Crippen molar-refractivity contribution >= 4 is 35.3 Å². The standard InChI is InChI=1S/C34H27O2P/c35-37(31-22-12-4-13-23-31,32-24-14-5-15-25-32)27-34(30-20-10-3-11-21-30)36-33(29-18-8-2-9-19-29)26-28-16-6-1-7-17-28/h1-27H/b33-26-,34-27+. The van der Waals surface area contributed by atoms with Gasteiger partial charge in [0.15, 0.2) is 7.14 Å². The lowest BCUT2D eigenvalue weighted by molar-refractivity contribution is 0.474. The van der Waals surface area contributed by atoms with E-state index in [0.717, 1.165) is 27.3 Å². The quantitative estimate of drug-likeness (QED) is 0.122. The Kier molecular flexibility index (Phi) is 7.60. The fourth-order valence-electron chi connectivity index (χ4n) is 4.12. The van der Waals surface area contributed by atoms with Gasteiger partial charge < -0.3 is 9.30 Å². The summed E-state index contributed by atoms with van der Waals surface area (Å²) in [4.78, 5) is 0. The lowest BCUT2D eigenvalue weighted by Crippen LogP contribution is -2.14. The molecular weight excluding hydrogens is 471 g/mol. The predicted molar refractivity (Wildman–Crippen MR) is 156 cm³/mol. The van der Waals surface area contributed by atoms with Crippen molar-refractivity contribution < 1.29 is 9.30 Å². The molecule has 0 aliphatic carbocycles. The third-order valence-corrected chi connectivity index (χ3v) is 8.74. The van der Waals surface area contributed by atoms with Crippen LogP contribution in [-0.2, 0) is 9.30 Å². The summed E-state index contributed by atoms with van der Waals surface area (Å²) in [6.45, 7) is 0. The van der Waals surface area contributed by atoms with Crippen molar-refractivity contribution in [2.45, 2.75) is 0 Å². The van der Waals surface area contributed by atoms with Crippen molar-refractivity contribution in [3.8, 4) is 0 Å². The van der Waals surface area contributed by atoms with Gasteiger partial charge in [0.2, 0.25) is 0 Å². The summed E-state index contributed by atoms with van der Waals surface area (Å²) in [6, 6.07) is 49.2. The van der Waals surface area contributed by atoms with Gasteiger partial charge in [-0.1, -0.05) is 152 Å². The second-order valence-electron chi connectivity index (χ2n) is 8.58. The molecule has 0 saturated heterocycles. The average molecular weight is 499 g/mol.